The highest BCUT2D eigenvalue weighted by molar-refractivity contribution is 6.00. The zero-order valence-corrected chi connectivity index (χ0v) is 14.7. The first-order valence-electron chi connectivity index (χ1n) is 8.24. The van der Waals surface area contributed by atoms with E-state index in [0.717, 1.165) is 23.3 Å². The van der Waals surface area contributed by atoms with Crippen LogP contribution in [0.3, 0.4) is 0 Å². The number of amides is 1. The monoisotopic (exact) mass is 374 g/mol. The third kappa shape index (κ3) is 4.02. The van der Waals surface area contributed by atoms with Gasteiger partial charge in [0.1, 0.15) is 5.56 Å². The van der Waals surface area contributed by atoms with Crippen LogP contribution in [0.25, 0.3) is 11.3 Å². The Balaban J connectivity index is 1.89. The summed E-state index contributed by atoms with van der Waals surface area (Å²) in [6.45, 7) is 3.79. The number of hydrogen-bond acceptors (Lipinski definition) is 3. The van der Waals surface area contributed by atoms with Gasteiger partial charge in [-0.25, -0.2) is 0 Å². The Morgan fingerprint density at radius 2 is 1.85 bits per heavy atom. The summed E-state index contributed by atoms with van der Waals surface area (Å²) < 4.78 is 44.1. The van der Waals surface area contributed by atoms with Crippen LogP contribution >= 0.6 is 0 Å². The van der Waals surface area contributed by atoms with Crippen LogP contribution in [0.4, 0.5) is 13.2 Å². The number of aromatic nitrogens is 1. The molecule has 1 heterocycles. The molecule has 0 saturated heterocycles. The molecular weight excluding hydrogens is 357 g/mol. The average molecular weight is 374 g/mol. The van der Waals surface area contributed by atoms with Gasteiger partial charge in [0.2, 0.25) is 0 Å². The lowest BCUT2D eigenvalue weighted by Gasteiger charge is -2.09. The van der Waals surface area contributed by atoms with E-state index in [0.29, 0.717) is 5.69 Å². The first-order valence-corrected chi connectivity index (χ1v) is 8.24. The molecule has 0 aliphatic carbocycles. The minimum atomic E-state index is -4.49. The predicted molar refractivity (Wildman–Crippen MR) is 94.0 cm³/mol. The molecule has 27 heavy (non-hydrogen) atoms. The Hall–Kier alpha value is -3.09. The van der Waals surface area contributed by atoms with Gasteiger partial charge in [0.15, 0.2) is 5.76 Å². The lowest BCUT2D eigenvalue weighted by molar-refractivity contribution is -0.137. The molecule has 0 bridgehead atoms. The Bertz CT molecular complexity index is 977. The Morgan fingerprint density at radius 1 is 1.11 bits per heavy atom. The number of nitrogens with zero attached hydrogens (tertiary/aromatic N) is 1. The van der Waals surface area contributed by atoms with E-state index in [1.165, 1.54) is 12.1 Å². The third-order valence-corrected chi connectivity index (χ3v) is 4.24. The maximum absolute atomic E-state index is 13.0. The highest BCUT2D eigenvalue weighted by Gasteiger charge is 2.31. The van der Waals surface area contributed by atoms with Crippen molar-refractivity contribution in [3.05, 3.63) is 76.5 Å². The number of benzene rings is 2. The van der Waals surface area contributed by atoms with Gasteiger partial charge in [-0.15, -0.1) is 0 Å². The summed E-state index contributed by atoms with van der Waals surface area (Å²) in [6, 6.07) is 12.2. The maximum atomic E-state index is 13.0. The van der Waals surface area contributed by atoms with Gasteiger partial charge in [-0.2, -0.15) is 13.2 Å². The highest BCUT2D eigenvalue weighted by atomic mass is 19.4. The van der Waals surface area contributed by atoms with Gasteiger partial charge in [0.25, 0.3) is 5.91 Å². The molecule has 140 valence electrons. The minimum Gasteiger partial charge on any atom is -0.355 e. The van der Waals surface area contributed by atoms with Gasteiger partial charge in [-0.1, -0.05) is 41.6 Å². The van der Waals surface area contributed by atoms with Crippen LogP contribution in [0.15, 0.2) is 53.1 Å². The second-order valence-electron chi connectivity index (χ2n) is 6.16. The van der Waals surface area contributed by atoms with Gasteiger partial charge < -0.3 is 9.84 Å². The van der Waals surface area contributed by atoms with E-state index in [-0.39, 0.29) is 23.4 Å². The quantitative estimate of drug-likeness (QED) is 0.706. The maximum Gasteiger partial charge on any atom is 0.416 e. The van der Waals surface area contributed by atoms with Crippen LogP contribution in [0.1, 0.15) is 32.7 Å². The number of alkyl halides is 3. The number of hydrogen-bond donors (Lipinski definition) is 1. The van der Waals surface area contributed by atoms with Crippen molar-refractivity contribution in [3.63, 3.8) is 0 Å². The molecule has 0 fully saturated rings. The summed E-state index contributed by atoms with van der Waals surface area (Å²) in [5, 5.41) is 6.54. The van der Waals surface area contributed by atoms with E-state index in [1.54, 1.807) is 6.92 Å². The van der Waals surface area contributed by atoms with E-state index in [9.17, 15) is 18.0 Å². The Labute approximate surface area is 154 Å². The second-order valence-corrected chi connectivity index (χ2v) is 6.16. The second kappa shape index (κ2) is 7.26. The molecule has 0 unspecified atom stereocenters. The fourth-order valence-electron chi connectivity index (χ4n) is 2.74. The Morgan fingerprint density at radius 3 is 2.56 bits per heavy atom. The van der Waals surface area contributed by atoms with Gasteiger partial charge in [0, 0.05) is 12.1 Å². The molecule has 0 spiro atoms. The van der Waals surface area contributed by atoms with E-state index >= 15 is 0 Å². The van der Waals surface area contributed by atoms with Crippen molar-refractivity contribution in [1.29, 1.82) is 0 Å². The summed E-state index contributed by atoms with van der Waals surface area (Å²) >= 11 is 0. The molecule has 1 N–H and O–H groups in total. The molecule has 0 aliphatic rings. The van der Waals surface area contributed by atoms with Gasteiger partial charge in [-0.3, -0.25) is 4.79 Å². The number of rotatable bonds is 4. The molecule has 2 aromatic carbocycles. The zero-order valence-electron chi connectivity index (χ0n) is 14.7. The van der Waals surface area contributed by atoms with Crippen molar-refractivity contribution >= 4 is 5.91 Å². The SMILES string of the molecule is Cc1ccccc1CNC(=O)c1c(C)noc1-c1cccc(C(F)(F)F)c1. The van der Waals surface area contributed by atoms with E-state index in [4.69, 9.17) is 4.52 Å². The van der Waals surface area contributed by atoms with Crippen molar-refractivity contribution < 1.29 is 22.5 Å². The fraction of sp³-hybridized carbons (Fsp3) is 0.200. The van der Waals surface area contributed by atoms with Gasteiger partial charge in [-0.05, 0) is 37.1 Å². The normalized spacial score (nSPS) is 11.4. The van der Waals surface area contributed by atoms with Crippen molar-refractivity contribution in [3.8, 4) is 11.3 Å². The summed E-state index contributed by atoms with van der Waals surface area (Å²) in [4.78, 5) is 12.7. The summed E-state index contributed by atoms with van der Waals surface area (Å²) in [7, 11) is 0. The van der Waals surface area contributed by atoms with Crippen LogP contribution in [-0.4, -0.2) is 11.1 Å². The standard InChI is InChI=1S/C20H17F3N2O2/c1-12-6-3-4-7-15(12)11-24-19(26)17-13(2)25-27-18(17)14-8-5-9-16(10-14)20(21,22)23/h3-10H,11H2,1-2H3,(H,24,26). The highest BCUT2D eigenvalue weighted by Crippen LogP contribution is 2.33. The molecule has 1 amide bonds. The largest absolute Gasteiger partial charge is 0.416 e. The van der Waals surface area contributed by atoms with Crippen LogP contribution in [0.5, 0.6) is 0 Å². The number of nitrogens with one attached hydrogen (secondary N) is 1. The van der Waals surface area contributed by atoms with E-state index < -0.39 is 17.6 Å². The number of carbonyl (C=O) groups is 1. The molecule has 0 atom stereocenters. The van der Waals surface area contributed by atoms with Crippen LogP contribution < -0.4 is 5.32 Å². The van der Waals surface area contributed by atoms with Gasteiger partial charge >= 0.3 is 6.18 Å². The first-order chi connectivity index (χ1) is 12.8. The average Bonchev–Trinajstić information content (AvgIpc) is 3.02. The van der Waals surface area contributed by atoms with Crippen molar-refractivity contribution in [2.45, 2.75) is 26.6 Å². The van der Waals surface area contributed by atoms with Crippen molar-refractivity contribution in [2.75, 3.05) is 0 Å². The molecule has 0 radical (unpaired) electrons. The molecular formula is C20H17F3N2O2. The fourth-order valence-corrected chi connectivity index (χ4v) is 2.74. The molecule has 3 rings (SSSR count). The smallest absolute Gasteiger partial charge is 0.355 e. The predicted octanol–water partition coefficient (Wildman–Crippen LogP) is 4.91. The molecule has 7 heteroatoms. The van der Waals surface area contributed by atoms with Crippen molar-refractivity contribution in [1.82, 2.24) is 10.5 Å². The molecule has 1 aromatic heterocycles. The van der Waals surface area contributed by atoms with Crippen LogP contribution in [-0.2, 0) is 12.7 Å². The lowest BCUT2D eigenvalue weighted by atomic mass is 10.0. The zero-order chi connectivity index (χ0) is 19.6. The lowest BCUT2D eigenvalue weighted by Crippen LogP contribution is -2.24. The van der Waals surface area contributed by atoms with Crippen molar-refractivity contribution in [2.24, 2.45) is 0 Å². The Kier molecular flexibility index (Phi) is 5.03. The number of carbonyl (C=O) groups excluding carboxylic acids is 1. The summed E-state index contributed by atoms with van der Waals surface area (Å²) in [6.07, 6.45) is -4.49. The third-order valence-electron chi connectivity index (χ3n) is 4.24. The molecule has 4 nitrogen and oxygen atoms in total. The topological polar surface area (TPSA) is 55.1 Å². The summed E-state index contributed by atoms with van der Waals surface area (Å²) in [5.74, 6) is -0.440. The molecule has 3 aromatic rings. The van der Waals surface area contributed by atoms with Crippen LogP contribution in [0, 0.1) is 13.8 Å². The minimum absolute atomic E-state index is 0.0147. The molecule has 0 aliphatic heterocycles. The van der Waals surface area contributed by atoms with E-state index in [1.807, 2.05) is 31.2 Å². The van der Waals surface area contributed by atoms with Crippen LogP contribution in [0.2, 0.25) is 0 Å². The molecule has 0 saturated carbocycles. The summed E-state index contributed by atoms with van der Waals surface area (Å²) in [5.41, 5.74) is 1.73. The van der Waals surface area contributed by atoms with E-state index in [2.05, 4.69) is 10.5 Å². The van der Waals surface area contributed by atoms with Gasteiger partial charge in [0.05, 0.1) is 11.3 Å². The number of halogens is 3. The number of aryl methyl sites for hydroxylation is 2. The first kappa shape index (κ1) is 18.7.